The van der Waals surface area contributed by atoms with Gasteiger partial charge in [0.1, 0.15) is 5.75 Å². The van der Waals surface area contributed by atoms with Crippen LogP contribution in [0.5, 0.6) is 5.75 Å². The Bertz CT molecular complexity index is 844. The van der Waals surface area contributed by atoms with Gasteiger partial charge in [-0.25, -0.2) is 9.59 Å². The van der Waals surface area contributed by atoms with Crippen molar-refractivity contribution in [2.75, 3.05) is 39.3 Å². The van der Waals surface area contributed by atoms with Crippen LogP contribution in [-0.2, 0) is 9.53 Å². The molecular weight excluding hydrogens is 420 g/mol. The molecule has 0 saturated carbocycles. The first-order valence-corrected chi connectivity index (χ1v) is 12.0. The van der Waals surface area contributed by atoms with Crippen molar-refractivity contribution in [3.8, 4) is 5.75 Å². The Kier molecular flexibility index (Phi) is 8.74. The minimum absolute atomic E-state index is 0.0665. The van der Waals surface area contributed by atoms with E-state index in [4.69, 9.17) is 9.47 Å². The lowest BCUT2D eigenvalue weighted by molar-refractivity contribution is -0.139. The van der Waals surface area contributed by atoms with Gasteiger partial charge in [0, 0.05) is 44.5 Å². The second-order valence-electron chi connectivity index (χ2n) is 8.95. The van der Waals surface area contributed by atoms with E-state index >= 15 is 0 Å². The van der Waals surface area contributed by atoms with Crippen molar-refractivity contribution in [3.63, 3.8) is 0 Å². The van der Waals surface area contributed by atoms with Gasteiger partial charge in [-0.1, -0.05) is 19.1 Å². The lowest BCUT2D eigenvalue weighted by Gasteiger charge is -2.39. The first-order chi connectivity index (χ1) is 15.8. The van der Waals surface area contributed by atoms with Gasteiger partial charge in [-0.05, 0) is 51.8 Å². The van der Waals surface area contributed by atoms with Crippen LogP contribution in [0.4, 0.5) is 4.79 Å². The normalized spacial score (nSPS) is 20.9. The Morgan fingerprint density at radius 3 is 2.33 bits per heavy atom. The minimum atomic E-state index is -0.581. The van der Waals surface area contributed by atoms with E-state index in [9.17, 15) is 9.59 Å². The van der Waals surface area contributed by atoms with Gasteiger partial charge < -0.3 is 20.1 Å². The molecule has 8 heteroatoms. The van der Waals surface area contributed by atoms with Crippen LogP contribution >= 0.6 is 0 Å². The number of benzene rings is 1. The average Bonchev–Trinajstić information content (AvgIpc) is 2.79. The number of carbonyl (C=O) groups is 2. The molecule has 1 aromatic carbocycles. The fourth-order valence-corrected chi connectivity index (χ4v) is 4.30. The lowest BCUT2D eigenvalue weighted by Crippen LogP contribution is -2.53. The predicted octanol–water partition coefficient (Wildman–Crippen LogP) is 3.06. The monoisotopic (exact) mass is 458 g/mol. The third kappa shape index (κ3) is 6.48. The van der Waals surface area contributed by atoms with Crippen molar-refractivity contribution in [3.05, 3.63) is 41.1 Å². The number of amides is 2. The summed E-state index contributed by atoms with van der Waals surface area (Å²) in [5, 5.41) is 5.79. The molecular formula is C25H38N4O4. The molecule has 0 bridgehead atoms. The van der Waals surface area contributed by atoms with Gasteiger partial charge in [0.05, 0.1) is 24.3 Å². The molecule has 0 spiro atoms. The molecule has 2 amide bonds. The van der Waals surface area contributed by atoms with E-state index in [1.54, 1.807) is 6.92 Å². The molecule has 2 atom stereocenters. The number of rotatable bonds is 9. The smallest absolute Gasteiger partial charge is 0.338 e. The van der Waals surface area contributed by atoms with Crippen LogP contribution in [0.1, 0.15) is 52.6 Å². The molecule has 182 valence electrons. The summed E-state index contributed by atoms with van der Waals surface area (Å²) in [4.78, 5) is 30.3. The number of piperazine rings is 1. The van der Waals surface area contributed by atoms with E-state index in [2.05, 4.69) is 34.3 Å². The number of hydrogen-bond donors (Lipinski definition) is 2. The van der Waals surface area contributed by atoms with Crippen LogP contribution < -0.4 is 15.4 Å². The fourth-order valence-electron chi connectivity index (χ4n) is 4.30. The fraction of sp³-hybridized carbons (Fsp3) is 0.600. The van der Waals surface area contributed by atoms with Crippen molar-refractivity contribution in [2.45, 2.75) is 59.2 Å². The molecule has 2 N–H and O–H groups in total. The SMILES string of the molecule is CCOC(=O)C1=C(CN2CCN(C(C)CC)CC2)NC(=O)NC1c1ccc(OC(C)C)cc1. The second kappa shape index (κ2) is 11.5. The van der Waals surface area contributed by atoms with Gasteiger partial charge in [-0.3, -0.25) is 9.80 Å². The zero-order valence-corrected chi connectivity index (χ0v) is 20.5. The van der Waals surface area contributed by atoms with Gasteiger partial charge in [-0.2, -0.15) is 0 Å². The van der Waals surface area contributed by atoms with Crippen molar-refractivity contribution < 1.29 is 19.1 Å². The number of hydrogen-bond acceptors (Lipinski definition) is 6. The molecule has 2 aliphatic rings. The van der Waals surface area contributed by atoms with Crippen LogP contribution in [0.3, 0.4) is 0 Å². The Labute approximate surface area is 197 Å². The van der Waals surface area contributed by atoms with E-state index in [-0.39, 0.29) is 18.7 Å². The van der Waals surface area contributed by atoms with E-state index < -0.39 is 12.0 Å². The predicted molar refractivity (Wildman–Crippen MR) is 128 cm³/mol. The number of urea groups is 1. The first kappa shape index (κ1) is 25.1. The highest BCUT2D eigenvalue weighted by Gasteiger charge is 2.35. The molecule has 2 heterocycles. The molecule has 2 aliphatic heterocycles. The quantitative estimate of drug-likeness (QED) is 0.554. The number of carbonyl (C=O) groups excluding carboxylic acids is 2. The Morgan fingerprint density at radius 1 is 1.09 bits per heavy atom. The molecule has 1 saturated heterocycles. The molecule has 0 aliphatic carbocycles. The molecule has 0 aromatic heterocycles. The number of ether oxygens (including phenoxy) is 2. The summed E-state index contributed by atoms with van der Waals surface area (Å²) < 4.78 is 11.1. The van der Waals surface area contributed by atoms with E-state index in [1.165, 1.54) is 0 Å². The summed E-state index contributed by atoms with van der Waals surface area (Å²) in [5.41, 5.74) is 1.88. The van der Waals surface area contributed by atoms with Gasteiger partial charge in [-0.15, -0.1) is 0 Å². The number of nitrogens with one attached hydrogen (secondary N) is 2. The van der Waals surface area contributed by atoms with Gasteiger partial charge in [0.15, 0.2) is 0 Å². The standard InChI is InChI=1S/C25H38N4O4/c1-6-18(5)29-14-12-28(13-15-29)16-21-22(24(30)32-7-2)23(27-25(31)26-21)19-8-10-20(11-9-19)33-17(3)4/h8-11,17-18,23H,6-7,12-16H2,1-5H3,(H2,26,27,31). The Morgan fingerprint density at radius 2 is 1.76 bits per heavy atom. The minimum Gasteiger partial charge on any atom is -0.491 e. The van der Waals surface area contributed by atoms with Crippen LogP contribution in [0.15, 0.2) is 35.5 Å². The van der Waals surface area contributed by atoms with Crippen LogP contribution in [0.2, 0.25) is 0 Å². The molecule has 1 aromatic rings. The highest BCUT2D eigenvalue weighted by atomic mass is 16.5. The maximum Gasteiger partial charge on any atom is 0.338 e. The summed E-state index contributed by atoms with van der Waals surface area (Å²) in [5.74, 6) is 0.334. The molecule has 3 rings (SSSR count). The first-order valence-electron chi connectivity index (χ1n) is 12.0. The summed E-state index contributed by atoms with van der Waals surface area (Å²) in [7, 11) is 0. The third-order valence-electron chi connectivity index (χ3n) is 6.24. The van der Waals surface area contributed by atoms with E-state index in [1.807, 2.05) is 38.1 Å². The highest BCUT2D eigenvalue weighted by Crippen LogP contribution is 2.30. The van der Waals surface area contributed by atoms with Crippen molar-refractivity contribution in [1.29, 1.82) is 0 Å². The maximum absolute atomic E-state index is 13.0. The molecule has 33 heavy (non-hydrogen) atoms. The maximum atomic E-state index is 13.0. The Balaban J connectivity index is 1.84. The largest absolute Gasteiger partial charge is 0.491 e. The number of esters is 1. The summed E-state index contributed by atoms with van der Waals surface area (Å²) in [6.45, 7) is 14.7. The molecule has 2 unspecified atom stereocenters. The van der Waals surface area contributed by atoms with Crippen molar-refractivity contribution in [1.82, 2.24) is 20.4 Å². The van der Waals surface area contributed by atoms with Crippen molar-refractivity contribution in [2.24, 2.45) is 0 Å². The van der Waals surface area contributed by atoms with Gasteiger partial charge in [0.2, 0.25) is 0 Å². The van der Waals surface area contributed by atoms with E-state index in [0.29, 0.717) is 23.9 Å². The lowest BCUT2D eigenvalue weighted by atomic mass is 9.94. The number of nitrogens with zero attached hydrogens (tertiary/aromatic N) is 2. The average molecular weight is 459 g/mol. The zero-order chi connectivity index (χ0) is 24.0. The van der Waals surface area contributed by atoms with Crippen LogP contribution in [-0.4, -0.2) is 73.3 Å². The third-order valence-corrected chi connectivity index (χ3v) is 6.24. The van der Waals surface area contributed by atoms with Gasteiger partial charge in [0.25, 0.3) is 0 Å². The molecule has 8 nitrogen and oxygen atoms in total. The van der Waals surface area contributed by atoms with Gasteiger partial charge >= 0.3 is 12.0 Å². The zero-order valence-electron chi connectivity index (χ0n) is 20.5. The van der Waals surface area contributed by atoms with Crippen molar-refractivity contribution >= 4 is 12.0 Å². The summed E-state index contributed by atoms with van der Waals surface area (Å²) in [6, 6.07) is 7.16. The van der Waals surface area contributed by atoms with Crippen LogP contribution in [0.25, 0.3) is 0 Å². The van der Waals surface area contributed by atoms with E-state index in [0.717, 1.165) is 43.9 Å². The summed E-state index contributed by atoms with van der Waals surface area (Å²) in [6.07, 6.45) is 1.19. The Hall–Kier alpha value is -2.58. The van der Waals surface area contributed by atoms with Crippen LogP contribution in [0, 0.1) is 0 Å². The topological polar surface area (TPSA) is 83.1 Å². The molecule has 1 fully saturated rings. The highest BCUT2D eigenvalue weighted by molar-refractivity contribution is 5.95. The molecule has 0 radical (unpaired) electrons. The second-order valence-corrected chi connectivity index (χ2v) is 8.95. The summed E-state index contributed by atoms with van der Waals surface area (Å²) >= 11 is 0.